The van der Waals surface area contributed by atoms with E-state index in [9.17, 15) is 9.18 Å². The maximum atomic E-state index is 13.8. The van der Waals surface area contributed by atoms with Crippen molar-refractivity contribution in [3.05, 3.63) is 12.5 Å². The Kier molecular flexibility index (Phi) is 3.98. The summed E-state index contributed by atoms with van der Waals surface area (Å²) < 4.78 is 19.2. The van der Waals surface area contributed by atoms with Gasteiger partial charge in [-0.25, -0.2) is 19.2 Å². The van der Waals surface area contributed by atoms with Gasteiger partial charge >= 0.3 is 6.09 Å². The maximum Gasteiger partial charge on any atom is 0.407 e. The maximum absolute atomic E-state index is 13.8. The molecule has 1 aliphatic heterocycles. The second kappa shape index (κ2) is 5.68. The van der Waals surface area contributed by atoms with Gasteiger partial charge in [0.05, 0.1) is 19.3 Å². The third-order valence-corrected chi connectivity index (χ3v) is 3.11. The number of halogens is 1. The monoisotopic (exact) mass is 270 g/mol. The summed E-state index contributed by atoms with van der Waals surface area (Å²) in [5.41, 5.74) is 5.58. The number of anilines is 1. The van der Waals surface area contributed by atoms with Crippen LogP contribution in [0.3, 0.4) is 0 Å². The Hall–Kier alpha value is -2.12. The van der Waals surface area contributed by atoms with E-state index in [4.69, 9.17) is 15.6 Å². The molecule has 1 aromatic rings. The zero-order valence-electron chi connectivity index (χ0n) is 10.2. The summed E-state index contributed by atoms with van der Waals surface area (Å²) in [5.74, 6) is 0.166. The van der Waals surface area contributed by atoms with Crippen molar-refractivity contribution in [2.45, 2.75) is 12.6 Å². The Morgan fingerprint density at radius 3 is 3.11 bits per heavy atom. The van der Waals surface area contributed by atoms with Crippen LogP contribution in [0.1, 0.15) is 6.42 Å². The van der Waals surface area contributed by atoms with Crippen molar-refractivity contribution >= 4 is 11.9 Å². The molecule has 19 heavy (non-hydrogen) atoms. The first-order valence-corrected chi connectivity index (χ1v) is 5.88. The minimum absolute atomic E-state index is 0.121. The number of rotatable bonds is 3. The summed E-state index contributed by atoms with van der Waals surface area (Å²) in [7, 11) is 0. The summed E-state index contributed by atoms with van der Waals surface area (Å²) >= 11 is 0. The molecule has 1 saturated heterocycles. The molecule has 0 aromatic carbocycles. The number of nitrogen functional groups attached to an aromatic ring is 1. The minimum Gasteiger partial charge on any atom is -0.488 e. The molecule has 2 atom stereocenters. The largest absolute Gasteiger partial charge is 0.488 e. The van der Waals surface area contributed by atoms with Crippen molar-refractivity contribution in [1.82, 2.24) is 14.9 Å². The van der Waals surface area contributed by atoms with Crippen LogP contribution in [0.25, 0.3) is 0 Å². The van der Waals surface area contributed by atoms with Crippen molar-refractivity contribution in [2.24, 2.45) is 5.92 Å². The number of nitrogens with zero attached hydrogens (tertiary/aromatic N) is 3. The standard InChI is InChI=1S/C11H15FN4O3/c12-8-4-16(11(17)18)2-1-7(8)5-19-9-3-14-6-15-10(9)13/h3,6-8H,1-2,4-5H2,(H,17,18)(H2,13,14,15). The molecule has 3 N–H and O–H groups in total. The number of hydrogen-bond donors (Lipinski definition) is 2. The van der Waals surface area contributed by atoms with Crippen LogP contribution in [0.2, 0.25) is 0 Å². The van der Waals surface area contributed by atoms with Gasteiger partial charge in [0.15, 0.2) is 11.6 Å². The number of carbonyl (C=O) groups is 1. The molecule has 1 amide bonds. The molecule has 0 aliphatic carbocycles. The van der Waals surface area contributed by atoms with Crippen molar-refractivity contribution in [3.8, 4) is 5.75 Å². The highest BCUT2D eigenvalue weighted by molar-refractivity contribution is 5.65. The second-order valence-corrected chi connectivity index (χ2v) is 4.38. The van der Waals surface area contributed by atoms with Crippen molar-refractivity contribution in [1.29, 1.82) is 0 Å². The van der Waals surface area contributed by atoms with Gasteiger partial charge in [0.1, 0.15) is 12.5 Å². The van der Waals surface area contributed by atoms with Gasteiger partial charge in [0.2, 0.25) is 0 Å². The van der Waals surface area contributed by atoms with Crippen LogP contribution >= 0.6 is 0 Å². The summed E-state index contributed by atoms with van der Waals surface area (Å²) in [5, 5.41) is 8.78. The number of ether oxygens (including phenoxy) is 1. The zero-order valence-corrected chi connectivity index (χ0v) is 10.2. The molecule has 8 heteroatoms. The predicted molar refractivity (Wildman–Crippen MR) is 64.5 cm³/mol. The van der Waals surface area contributed by atoms with Gasteiger partial charge in [0.25, 0.3) is 0 Å². The van der Waals surface area contributed by atoms with Crippen LogP contribution < -0.4 is 10.5 Å². The molecule has 0 spiro atoms. The predicted octanol–water partition coefficient (Wildman–Crippen LogP) is 0.776. The Morgan fingerprint density at radius 2 is 2.47 bits per heavy atom. The van der Waals surface area contributed by atoms with Gasteiger partial charge in [-0.3, -0.25) is 0 Å². The summed E-state index contributed by atoms with van der Waals surface area (Å²) in [6, 6.07) is 0. The smallest absolute Gasteiger partial charge is 0.407 e. The first-order valence-electron chi connectivity index (χ1n) is 5.88. The topological polar surface area (TPSA) is 102 Å². The quantitative estimate of drug-likeness (QED) is 0.841. The molecule has 0 bridgehead atoms. The van der Waals surface area contributed by atoms with Crippen LogP contribution in [0.15, 0.2) is 12.5 Å². The first-order chi connectivity index (χ1) is 9.08. The van der Waals surface area contributed by atoms with Crippen molar-refractivity contribution < 1.29 is 19.0 Å². The van der Waals surface area contributed by atoms with Gasteiger partial charge in [-0.05, 0) is 6.42 Å². The fourth-order valence-electron chi connectivity index (χ4n) is 1.95. The molecule has 1 fully saturated rings. The fraction of sp³-hybridized carbons (Fsp3) is 0.545. The van der Waals surface area contributed by atoms with E-state index >= 15 is 0 Å². The highest BCUT2D eigenvalue weighted by Crippen LogP contribution is 2.23. The average Bonchev–Trinajstić information content (AvgIpc) is 2.39. The van der Waals surface area contributed by atoms with E-state index in [1.54, 1.807) is 0 Å². The number of nitrogens with two attached hydrogens (primary N) is 1. The van der Waals surface area contributed by atoms with E-state index in [1.807, 2.05) is 0 Å². The molecule has 104 valence electrons. The van der Waals surface area contributed by atoms with Crippen molar-refractivity contribution in [2.75, 3.05) is 25.4 Å². The molecule has 2 heterocycles. The van der Waals surface area contributed by atoms with E-state index in [1.165, 1.54) is 12.5 Å². The molecule has 2 unspecified atom stereocenters. The number of aromatic nitrogens is 2. The van der Waals surface area contributed by atoms with Gasteiger partial charge in [0, 0.05) is 12.5 Å². The van der Waals surface area contributed by atoms with Gasteiger partial charge in [-0.1, -0.05) is 0 Å². The number of alkyl halides is 1. The van der Waals surface area contributed by atoms with Crippen LogP contribution in [-0.4, -0.2) is 51.9 Å². The number of likely N-dealkylation sites (tertiary alicyclic amines) is 1. The number of piperidine rings is 1. The summed E-state index contributed by atoms with van der Waals surface area (Å²) in [6.07, 6.45) is 0.799. The molecule has 0 radical (unpaired) electrons. The lowest BCUT2D eigenvalue weighted by molar-refractivity contribution is 0.0551. The lowest BCUT2D eigenvalue weighted by Gasteiger charge is -2.32. The first kappa shape index (κ1) is 13.3. The normalized spacial score (nSPS) is 23.1. The molecule has 7 nitrogen and oxygen atoms in total. The van der Waals surface area contributed by atoms with E-state index in [0.29, 0.717) is 18.7 Å². The third kappa shape index (κ3) is 3.21. The highest BCUT2D eigenvalue weighted by atomic mass is 19.1. The van der Waals surface area contributed by atoms with Gasteiger partial charge in [-0.2, -0.15) is 0 Å². The summed E-state index contributed by atoms with van der Waals surface area (Å²) in [4.78, 5) is 19.3. The molecule has 2 rings (SSSR count). The minimum atomic E-state index is -1.24. The van der Waals surface area contributed by atoms with Crippen LogP contribution in [0.5, 0.6) is 5.75 Å². The number of carboxylic acid groups (broad SMARTS) is 1. The SMILES string of the molecule is Nc1ncncc1OCC1CCN(C(=O)O)CC1F. The second-order valence-electron chi connectivity index (χ2n) is 4.38. The Balaban J connectivity index is 1.88. The average molecular weight is 270 g/mol. The van der Waals surface area contributed by atoms with E-state index in [0.717, 1.165) is 4.90 Å². The lowest BCUT2D eigenvalue weighted by atomic mass is 9.96. The third-order valence-electron chi connectivity index (χ3n) is 3.11. The molecular weight excluding hydrogens is 255 g/mol. The Labute approximate surface area is 109 Å². The van der Waals surface area contributed by atoms with E-state index < -0.39 is 12.3 Å². The van der Waals surface area contributed by atoms with Crippen molar-refractivity contribution in [3.63, 3.8) is 0 Å². The van der Waals surface area contributed by atoms with Crippen LogP contribution in [-0.2, 0) is 0 Å². The number of amides is 1. The fourth-order valence-corrected chi connectivity index (χ4v) is 1.95. The number of hydrogen-bond acceptors (Lipinski definition) is 5. The highest BCUT2D eigenvalue weighted by Gasteiger charge is 2.32. The van der Waals surface area contributed by atoms with E-state index in [-0.39, 0.29) is 24.9 Å². The van der Waals surface area contributed by atoms with Gasteiger partial charge in [-0.15, -0.1) is 0 Å². The molecule has 0 saturated carbocycles. The Bertz CT molecular complexity index is 459. The van der Waals surface area contributed by atoms with Crippen LogP contribution in [0.4, 0.5) is 15.0 Å². The summed E-state index contributed by atoms with van der Waals surface area (Å²) in [6.45, 7) is 0.320. The molecule has 1 aromatic heterocycles. The molecular formula is C11H15FN4O3. The Morgan fingerprint density at radius 1 is 1.68 bits per heavy atom. The van der Waals surface area contributed by atoms with Gasteiger partial charge < -0.3 is 20.5 Å². The van der Waals surface area contributed by atoms with Crippen LogP contribution in [0, 0.1) is 5.92 Å². The van der Waals surface area contributed by atoms with E-state index in [2.05, 4.69) is 9.97 Å². The molecule has 1 aliphatic rings. The zero-order chi connectivity index (χ0) is 13.8. The lowest BCUT2D eigenvalue weighted by Crippen LogP contribution is -2.45.